The average molecular weight is 529 g/mol. The number of hydrogen-bond donors (Lipinski definition) is 6. The van der Waals surface area contributed by atoms with E-state index in [1.807, 2.05) is 0 Å². The van der Waals surface area contributed by atoms with Crippen molar-refractivity contribution in [2.75, 3.05) is 13.6 Å². The summed E-state index contributed by atoms with van der Waals surface area (Å²) in [7, 11) is 1.39. The molecule has 0 aromatic heterocycles. The van der Waals surface area contributed by atoms with E-state index in [-0.39, 0.29) is 37.3 Å². The Morgan fingerprint density at radius 2 is 1.63 bits per heavy atom. The van der Waals surface area contributed by atoms with Crippen molar-refractivity contribution in [3.05, 3.63) is 47.5 Å². The van der Waals surface area contributed by atoms with Crippen molar-refractivity contribution in [2.45, 2.75) is 63.4 Å². The molecule has 1 heterocycles. The number of hydrogen-bond acceptors (Lipinski definition) is 9. The predicted molar refractivity (Wildman–Crippen MR) is 140 cm³/mol. The molecule has 11 nitrogen and oxygen atoms in total. The Kier molecular flexibility index (Phi) is 9.31. The smallest absolute Gasteiger partial charge is 0.329 e. The minimum Gasteiger partial charge on any atom is -0.508 e. The number of carbonyl (C=O) groups is 3. The first-order valence-corrected chi connectivity index (χ1v) is 12.5. The topological polar surface area (TPSA) is 188 Å². The highest BCUT2D eigenvalue weighted by molar-refractivity contribution is 5.92. The van der Waals surface area contributed by atoms with E-state index in [0.29, 0.717) is 22.3 Å². The van der Waals surface area contributed by atoms with Crippen molar-refractivity contribution in [3.63, 3.8) is 0 Å². The molecular formula is C27H36N4O7. The number of carbonyl (C=O) groups excluding carboxylic acids is 3. The van der Waals surface area contributed by atoms with Gasteiger partial charge in [-0.15, -0.1) is 0 Å². The minimum absolute atomic E-state index is 0.0318. The Morgan fingerprint density at radius 3 is 2.16 bits per heavy atom. The number of benzene rings is 2. The maximum atomic E-state index is 13.6. The van der Waals surface area contributed by atoms with E-state index in [4.69, 9.17) is 16.2 Å². The Morgan fingerprint density at radius 1 is 1.08 bits per heavy atom. The Balaban J connectivity index is 2.16. The van der Waals surface area contributed by atoms with Crippen molar-refractivity contribution in [3.8, 4) is 22.6 Å². The molecule has 0 unspecified atom stereocenters. The van der Waals surface area contributed by atoms with Gasteiger partial charge in [0.05, 0.1) is 18.2 Å². The SMILES string of the molecule is CC(C)OC(=O)[C@@H]1Cc2cc(ccc2O)-c2ccc(O)c(c2)C[C@H](N)C(=O)N[C@@H](C[C@@H](O)CN)C(=O)N1C. The van der Waals surface area contributed by atoms with Gasteiger partial charge in [0.2, 0.25) is 11.8 Å². The molecule has 0 saturated carbocycles. The molecule has 0 radical (unpaired) electrons. The fraction of sp³-hybridized carbons (Fsp3) is 0.444. The largest absolute Gasteiger partial charge is 0.508 e. The van der Waals surface area contributed by atoms with Crippen LogP contribution in [0.15, 0.2) is 36.4 Å². The molecule has 38 heavy (non-hydrogen) atoms. The number of fused-ring (bicyclic) bond motifs is 5. The second kappa shape index (κ2) is 12.2. The van der Waals surface area contributed by atoms with E-state index in [0.717, 1.165) is 4.90 Å². The number of nitrogens with one attached hydrogen (secondary N) is 1. The lowest BCUT2D eigenvalue weighted by Gasteiger charge is -2.32. The van der Waals surface area contributed by atoms with Crippen LogP contribution in [0.5, 0.6) is 11.5 Å². The second-order valence-corrected chi connectivity index (χ2v) is 9.84. The minimum atomic E-state index is -1.25. The van der Waals surface area contributed by atoms with Gasteiger partial charge in [0.25, 0.3) is 0 Å². The van der Waals surface area contributed by atoms with Gasteiger partial charge in [-0.05, 0) is 60.4 Å². The maximum absolute atomic E-state index is 13.6. The van der Waals surface area contributed by atoms with Gasteiger partial charge in [-0.2, -0.15) is 0 Å². The number of amides is 2. The number of aromatic hydroxyl groups is 2. The predicted octanol–water partition coefficient (Wildman–Crippen LogP) is 0.164. The summed E-state index contributed by atoms with van der Waals surface area (Å²) in [5, 5.41) is 33.8. The van der Waals surface area contributed by atoms with Crippen LogP contribution in [-0.2, 0) is 32.0 Å². The highest BCUT2D eigenvalue weighted by Crippen LogP contribution is 2.31. The molecule has 3 rings (SSSR count). The number of aliphatic hydroxyl groups excluding tert-OH is 1. The van der Waals surface area contributed by atoms with Gasteiger partial charge in [-0.1, -0.05) is 12.1 Å². The lowest BCUT2D eigenvalue weighted by Crippen LogP contribution is -2.57. The Hall–Kier alpha value is -3.67. The van der Waals surface area contributed by atoms with Gasteiger partial charge in [-0.25, -0.2) is 4.79 Å². The number of likely N-dealkylation sites (N-methyl/N-ethyl adjacent to an activating group) is 1. The highest BCUT2D eigenvalue weighted by atomic mass is 16.5. The summed E-state index contributed by atoms with van der Waals surface area (Å²) in [6, 6.07) is 6.18. The van der Waals surface area contributed by atoms with Crippen LogP contribution in [0.25, 0.3) is 11.1 Å². The summed E-state index contributed by atoms with van der Waals surface area (Å²) >= 11 is 0. The third kappa shape index (κ3) is 6.80. The lowest BCUT2D eigenvalue weighted by atomic mass is 9.95. The monoisotopic (exact) mass is 528 g/mol. The first kappa shape index (κ1) is 28.9. The number of rotatable bonds is 5. The Bertz CT molecular complexity index is 1190. The van der Waals surface area contributed by atoms with E-state index < -0.39 is 48.1 Å². The molecule has 0 saturated heterocycles. The van der Waals surface area contributed by atoms with E-state index in [1.165, 1.54) is 19.2 Å². The van der Waals surface area contributed by atoms with E-state index in [2.05, 4.69) is 5.32 Å². The molecule has 2 aromatic carbocycles. The van der Waals surface area contributed by atoms with Gasteiger partial charge in [0.15, 0.2) is 0 Å². The van der Waals surface area contributed by atoms with Gasteiger partial charge >= 0.3 is 5.97 Å². The standard InChI is InChI=1S/C27H36N4O7/c1-14(2)38-27(37)22-11-18-9-16(5-7-24(18)34)15-4-6-23(33)17(8-15)10-20(29)25(35)30-21(12-19(32)13-28)26(36)31(22)3/h4-9,14,19-22,32-34H,10-13,28-29H2,1-3H3,(H,30,35)/t19-,20+,21+,22+/m1/s1. The lowest BCUT2D eigenvalue weighted by molar-refractivity contribution is -0.158. The number of ether oxygens (including phenoxy) is 1. The van der Waals surface area contributed by atoms with Gasteiger partial charge in [0.1, 0.15) is 23.6 Å². The molecule has 0 fully saturated rings. The van der Waals surface area contributed by atoms with Crippen molar-refractivity contribution in [1.82, 2.24) is 10.2 Å². The molecule has 1 aliphatic rings. The number of nitrogens with two attached hydrogens (primary N) is 2. The Labute approximate surface area is 221 Å². The van der Waals surface area contributed by atoms with Crippen LogP contribution in [0.2, 0.25) is 0 Å². The van der Waals surface area contributed by atoms with Gasteiger partial charge in [-0.3, -0.25) is 9.59 Å². The molecule has 1 aliphatic heterocycles. The molecule has 11 heteroatoms. The van der Waals surface area contributed by atoms with Crippen LogP contribution in [0.4, 0.5) is 0 Å². The van der Waals surface area contributed by atoms with Crippen molar-refractivity contribution < 1.29 is 34.4 Å². The first-order chi connectivity index (χ1) is 17.9. The first-order valence-electron chi connectivity index (χ1n) is 12.5. The zero-order chi connectivity index (χ0) is 28.1. The molecular weight excluding hydrogens is 492 g/mol. The van der Waals surface area contributed by atoms with Crippen molar-refractivity contribution in [2.24, 2.45) is 11.5 Å². The average Bonchev–Trinajstić information content (AvgIpc) is 2.87. The molecule has 2 amide bonds. The molecule has 206 valence electrons. The van der Waals surface area contributed by atoms with Gasteiger partial charge in [0, 0.05) is 32.9 Å². The summed E-state index contributed by atoms with van der Waals surface area (Å²) in [6.45, 7) is 3.19. The third-order valence-electron chi connectivity index (χ3n) is 6.52. The number of aliphatic hydroxyl groups is 1. The normalized spacial score (nSPS) is 21.3. The van der Waals surface area contributed by atoms with Crippen LogP contribution < -0.4 is 16.8 Å². The molecule has 2 aromatic rings. The maximum Gasteiger partial charge on any atom is 0.329 e. The van der Waals surface area contributed by atoms with Crippen LogP contribution in [0.3, 0.4) is 0 Å². The third-order valence-corrected chi connectivity index (χ3v) is 6.52. The summed E-state index contributed by atoms with van der Waals surface area (Å²) in [5.41, 5.74) is 13.9. The number of phenols is 2. The van der Waals surface area contributed by atoms with Crippen molar-refractivity contribution in [1.29, 1.82) is 0 Å². The van der Waals surface area contributed by atoms with Crippen LogP contribution in [-0.4, -0.2) is 81.9 Å². The number of phenolic OH excluding ortho intramolecular Hbond substituents is 2. The molecule has 4 bridgehead atoms. The van der Waals surface area contributed by atoms with Crippen LogP contribution in [0.1, 0.15) is 31.4 Å². The molecule has 0 aliphatic carbocycles. The quantitative estimate of drug-likeness (QED) is 0.294. The summed E-state index contributed by atoms with van der Waals surface area (Å²) in [4.78, 5) is 40.9. The van der Waals surface area contributed by atoms with Crippen LogP contribution in [0, 0.1) is 0 Å². The van der Waals surface area contributed by atoms with E-state index in [9.17, 15) is 29.7 Å². The molecule has 0 spiro atoms. The van der Waals surface area contributed by atoms with E-state index in [1.54, 1.807) is 38.1 Å². The van der Waals surface area contributed by atoms with E-state index >= 15 is 0 Å². The van der Waals surface area contributed by atoms with Crippen LogP contribution >= 0.6 is 0 Å². The fourth-order valence-corrected chi connectivity index (χ4v) is 4.35. The highest BCUT2D eigenvalue weighted by Gasteiger charge is 2.36. The summed E-state index contributed by atoms with van der Waals surface area (Å²) < 4.78 is 5.41. The zero-order valence-corrected chi connectivity index (χ0v) is 21.8. The van der Waals surface area contributed by atoms with Gasteiger partial charge < -0.3 is 41.7 Å². The second-order valence-electron chi connectivity index (χ2n) is 9.84. The number of esters is 1. The zero-order valence-electron chi connectivity index (χ0n) is 21.8. The fourth-order valence-electron chi connectivity index (χ4n) is 4.35. The summed E-state index contributed by atoms with van der Waals surface area (Å²) in [5.74, 6) is -2.18. The molecule has 4 atom stereocenters. The molecule has 8 N–H and O–H groups in total. The van der Waals surface area contributed by atoms with Crippen molar-refractivity contribution >= 4 is 17.8 Å². The number of nitrogens with zero attached hydrogens (tertiary/aromatic N) is 1. The summed E-state index contributed by atoms with van der Waals surface area (Å²) in [6.07, 6.45) is -1.91.